The first-order valence-corrected chi connectivity index (χ1v) is 7.25. The number of hydrogen-bond donors (Lipinski definition) is 1. The summed E-state index contributed by atoms with van der Waals surface area (Å²) in [7, 11) is 1.36. The summed E-state index contributed by atoms with van der Waals surface area (Å²) >= 11 is 6.33. The number of benzene rings is 1. The van der Waals surface area contributed by atoms with Gasteiger partial charge < -0.3 is 14.5 Å². The molecule has 0 unspecified atom stereocenters. The van der Waals surface area contributed by atoms with Gasteiger partial charge in [-0.15, -0.1) is 0 Å². The summed E-state index contributed by atoms with van der Waals surface area (Å²) in [6.07, 6.45) is 0. The maximum Gasteiger partial charge on any atom is 0.354 e. The number of aromatic amines is 1. The Morgan fingerprint density at radius 1 is 1.38 bits per heavy atom. The fourth-order valence-corrected chi connectivity index (χ4v) is 2.87. The summed E-state index contributed by atoms with van der Waals surface area (Å²) < 4.78 is 10.1. The minimum Gasteiger partial charge on any atom is -0.464 e. The normalized spacial score (nSPS) is 16.3. The van der Waals surface area contributed by atoms with E-state index in [1.54, 1.807) is 6.07 Å². The Morgan fingerprint density at radius 3 is 2.86 bits per heavy atom. The molecule has 0 aliphatic carbocycles. The van der Waals surface area contributed by atoms with Crippen LogP contribution in [0.4, 0.5) is 0 Å². The van der Waals surface area contributed by atoms with Crippen LogP contribution in [0.2, 0.25) is 5.02 Å². The summed E-state index contributed by atoms with van der Waals surface area (Å²) in [5.41, 5.74) is 2.39. The number of methoxy groups -OCH3 is 1. The highest BCUT2D eigenvalue weighted by Crippen LogP contribution is 2.27. The number of aromatic nitrogens is 1. The van der Waals surface area contributed by atoms with Gasteiger partial charge >= 0.3 is 5.97 Å². The van der Waals surface area contributed by atoms with Crippen molar-refractivity contribution < 1.29 is 14.3 Å². The Balaban J connectivity index is 1.88. The molecule has 0 spiro atoms. The minimum absolute atomic E-state index is 0.392. The van der Waals surface area contributed by atoms with Crippen molar-refractivity contribution in [2.24, 2.45) is 0 Å². The van der Waals surface area contributed by atoms with Crippen molar-refractivity contribution >= 4 is 28.5 Å². The highest BCUT2D eigenvalue weighted by Gasteiger charge is 2.15. The topological polar surface area (TPSA) is 54.6 Å². The summed E-state index contributed by atoms with van der Waals surface area (Å²) in [4.78, 5) is 17.0. The van der Waals surface area contributed by atoms with Crippen LogP contribution in [0.5, 0.6) is 0 Å². The van der Waals surface area contributed by atoms with E-state index in [1.807, 2.05) is 12.1 Å². The van der Waals surface area contributed by atoms with Gasteiger partial charge in [0.1, 0.15) is 5.69 Å². The minimum atomic E-state index is -0.392. The number of ether oxygens (including phenoxy) is 2. The molecule has 2 aromatic rings. The molecule has 1 aliphatic heterocycles. The van der Waals surface area contributed by atoms with Crippen LogP contribution >= 0.6 is 11.6 Å². The van der Waals surface area contributed by atoms with E-state index >= 15 is 0 Å². The van der Waals surface area contributed by atoms with Crippen LogP contribution in [0, 0.1) is 0 Å². The van der Waals surface area contributed by atoms with Crippen molar-refractivity contribution in [1.82, 2.24) is 9.88 Å². The SMILES string of the molecule is COC(=O)c1cc2c(Cl)cc(CN3CCOCC3)cc2[nH]1. The van der Waals surface area contributed by atoms with Crippen LogP contribution < -0.4 is 0 Å². The van der Waals surface area contributed by atoms with E-state index < -0.39 is 5.97 Å². The molecule has 112 valence electrons. The Labute approximate surface area is 127 Å². The molecule has 21 heavy (non-hydrogen) atoms. The molecule has 3 rings (SSSR count). The molecular formula is C15H17ClN2O3. The molecule has 1 aliphatic rings. The van der Waals surface area contributed by atoms with Crippen molar-refractivity contribution in [2.45, 2.75) is 6.54 Å². The van der Waals surface area contributed by atoms with Gasteiger partial charge in [-0.3, -0.25) is 4.90 Å². The number of rotatable bonds is 3. The Bertz CT molecular complexity index is 662. The average Bonchev–Trinajstić information content (AvgIpc) is 2.92. The van der Waals surface area contributed by atoms with Gasteiger partial charge in [-0.2, -0.15) is 0 Å². The molecule has 0 radical (unpaired) electrons. The molecule has 1 aromatic carbocycles. The van der Waals surface area contributed by atoms with Crippen molar-refractivity contribution in [3.05, 3.63) is 34.5 Å². The number of halogens is 1. The number of hydrogen-bond acceptors (Lipinski definition) is 4. The molecule has 0 amide bonds. The van der Waals surface area contributed by atoms with Crippen molar-refractivity contribution in [3.63, 3.8) is 0 Å². The maximum absolute atomic E-state index is 11.6. The van der Waals surface area contributed by atoms with E-state index in [1.165, 1.54) is 7.11 Å². The third-order valence-electron chi connectivity index (χ3n) is 3.66. The summed E-state index contributed by atoms with van der Waals surface area (Å²) in [5.74, 6) is -0.392. The zero-order valence-corrected chi connectivity index (χ0v) is 12.6. The second-order valence-corrected chi connectivity index (χ2v) is 5.51. The van der Waals surface area contributed by atoms with Gasteiger partial charge in [0.15, 0.2) is 0 Å². The van der Waals surface area contributed by atoms with Crippen molar-refractivity contribution in [2.75, 3.05) is 33.4 Å². The number of carbonyl (C=O) groups excluding carboxylic acids is 1. The summed E-state index contributed by atoms with van der Waals surface area (Å²) in [6, 6.07) is 5.71. The third kappa shape index (κ3) is 3.05. The standard InChI is InChI=1S/C15H17ClN2O3/c1-20-15(19)14-8-11-12(16)6-10(7-13(11)17-14)9-18-2-4-21-5-3-18/h6-8,17H,2-5,9H2,1H3. The largest absolute Gasteiger partial charge is 0.464 e. The van der Waals surface area contributed by atoms with Crippen LogP contribution in [0.3, 0.4) is 0 Å². The molecule has 0 saturated carbocycles. The Hall–Kier alpha value is -1.56. The summed E-state index contributed by atoms with van der Waals surface area (Å²) in [5, 5.41) is 1.48. The van der Waals surface area contributed by atoms with Gasteiger partial charge in [0.25, 0.3) is 0 Å². The van der Waals surface area contributed by atoms with Gasteiger partial charge in [-0.25, -0.2) is 4.79 Å². The van der Waals surface area contributed by atoms with Gasteiger partial charge in [0.05, 0.1) is 25.3 Å². The first kappa shape index (κ1) is 14.4. The van der Waals surface area contributed by atoms with E-state index in [4.69, 9.17) is 21.1 Å². The van der Waals surface area contributed by atoms with E-state index in [2.05, 4.69) is 9.88 Å². The zero-order valence-electron chi connectivity index (χ0n) is 11.8. The molecule has 0 bridgehead atoms. The molecule has 6 heteroatoms. The highest BCUT2D eigenvalue weighted by molar-refractivity contribution is 6.35. The van der Waals surface area contributed by atoms with E-state index in [0.29, 0.717) is 10.7 Å². The smallest absolute Gasteiger partial charge is 0.354 e. The molecule has 0 atom stereocenters. The van der Waals surface area contributed by atoms with Gasteiger partial charge in [0.2, 0.25) is 0 Å². The lowest BCUT2D eigenvalue weighted by Gasteiger charge is -2.26. The highest BCUT2D eigenvalue weighted by atomic mass is 35.5. The Morgan fingerprint density at radius 2 is 2.14 bits per heavy atom. The molecule has 5 nitrogen and oxygen atoms in total. The summed E-state index contributed by atoms with van der Waals surface area (Å²) in [6.45, 7) is 4.21. The lowest BCUT2D eigenvalue weighted by Crippen LogP contribution is -2.35. The molecule has 2 heterocycles. The number of carbonyl (C=O) groups is 1. The van der Waals surface area contributed by atoms with Crippen LogP contribution in [-0.4, -0.2) is 49.3 Å². The number of H-pyrrole nitrogens is 1. The van der Waals surface area contributed by atoms with Gasteiger partial charge in [-0.1, -0.05) is 11.6 Å². The average molecular weight is 309 g/mol. The fraction of sp³-hybridized carbons (Fsp3) is 0.400. The van der Waals surface area contributed by atoms with E-state index in [-0.39, 0.29) is 0 Å². The zero-order chi connectivity index (χ0) is 14.8. The molecule has 1 fully saturated rings. The first-order valence-electron chi connectivity index (χ1n) is 6.87. The lowest BCUT2D eigenvalue weighted by atomic mass is 10.1. The van der Waals surface area contributed by atoms with Crippen LogP contribution in [0.1, 0.15) is 16.1 Å². The first-order chi connectivity index (χ1) is 10.2. The van der Waals surface area contributed by atoms with Crippen LogP contribution in [0.15, 0.2) is 18.2 Å². The number of fused-ring (bicyclic) bond motifs is 1. The maximum atomic E-state index is 11.6. The van der Waals surface area contributed by atoms with Crippen LogP contribution in [-0.2, 0) is 16.0 Å². The molecular weight excluding hydrogens is 292 g/mol. The Kier molecular flexibility index (Phi) is 4.14. The quantitative estimate of drug-likeness (QED) is 0.885. The van der Waals surface area contributed by atoms with E-state index in [9.17, 15) is 4.79 Å². The lowest BCUT2D eigenvalue weighted by molar-refractivity contribution is 0.0342. The van der Waals surface area contributed by atoms with Crippen LogP contribution in [0.25, 0.3) is 10.9 Å². The number of morpholine rings is 1. The second kappa shape index (κ2) is 6.05. The second-order valence-electron chi connectivity index (χ2n) is 5.10. The molecule has 1 saturated heterocycles. The van der Waals surface area contributed by atoms with Crippen molar-refractivity contribution in [3.8, 4) is 0 Å². The van der Waals surface area contributed by atoms with E-state index in [0.717, 1.165) is 49.3 Å². The van der Waals surface area contributed by atoms with Gasteiger partial charge in [-0.05, 0) is 23.8 Å². The fourth-order valence-electron chi connectivity index (χ4n) is 2.58. The van der Waals surface area contributed by atoms with Crippen molar-refractivity contribution in [1.29, 1.82) is 0 Å². The predicted octanol–water partition coefficient (Wildman–Crippen LogP) is 2.44. The monoisotopic (exact) mass is 308 g/mol. The number of nitrogens with zero attached hydrogens (tertiary/aromatic N) is 1. The number of esters is 1. The third-order valence-corrected chi connectivity index (χ3v) is 3.98. The molecule has 1 aromatic heterocycles. The number of nitrogens with one attached hydrogen (secondary N) is 1. The predicted molar refractivity (Wildman–Crippen MR) is 80.7 cm³/mol. The van der Waals surface area contributed by atoms with Gasteiger partial charge in [0, 0.05) is 30.5 Å². The molecule has 1 N–H and O–H groups in total.